The number of hydrogen-bond acceptors (Lipinski definition) is 5. The smallest absolute Gasteiger partial charge is 0.264 e. The molecule has 8 heteroatoms. The highest BCUT2D eigenvalue weighted by Crippen LogP contribution is 2.32. The first-order chi connectivity index (χ1) is 13.1. The maximum Gasteiger partial charge on any atom is 0.264 e. The summed E-state index contributed by atoms with van der Waals surface area (Å²) in [5, 5.41) is 0. The first kappa shape index (κ1) is 21.6. The number of likely N-dealkylation sites (N-methyl/N-ethyl adjacent to an activating group) is 1. The number of methoxy groups -OCH3 is 2. The molecule has 0 radical (unpaired) electrons. The lowest BCUT2D eigenvalue weighted by atomic mass is 10.1. The zero-order chi connectivity index (χ0) is 21.1. The Balaban J connectivity index is 2.62. The number of carbonyl (C=O) groups is 1. The molecule has 0 N–H and O–H groups in total. The van der Waals surface area contributed by atoms with E-state index >= 15 is 0 Å². The highest BCUT2D eigenvalue weighted by Gasteiger charge is 2.29. The highest BCUT2D eigenvalue weighted by atomic mass is 32.2. The number of carbonyl (C=O) groups excluding carboxylic acids is 1. The number of sulfonamides is 1. The summed E-state index contributed by atoms with van der Waals surface area (Å²) in [7, 11) is 2.06. The molecule has 7 nitrogen and oxygen atoms in total. The molecule has 0 aliphatic heterocycles. The minimum atomic E-state index is -4.02. The van der Waals surface area contributed by atoms with Gasteiger partial charge in [0, 0.05) is 20.2 Å². The van der Waals surface area contributed by atoms with Crippen LogP contribution >= 0.6 is 0 Å². The molecule has 1 amide bonds. The molecule has 0 aromatic heterocycles. The molecule has 0 fully saturated rings. The number of rotatable bonds is 7. The molecule has 2 aromatic rings. The summed E-state index contributed by atoms with van der Waals surface area (Å²) in [6, 6.07) is 9.79. The van der Waals surface area contributed by atoms with Crippen LogP contribution < -0.4 is 13.8 Å². The summed E-state index contributed by atoms with van der Waals surface area (Å²) in [4.78, 5) is 13.7. The van der Waals surface area contributed by atoms with Crippen molar-refractivity contribution < 1.29 is 22.7 Å². The van der Waals surface area contributed by atoms with Gasteiger partial charge in [0.05, 0.1) is 24.8 Å². The fraction of sp³-hybridized carbons (Fsp3) is 0.350. The summed E-state index contributed by atoms with van der Waals surface area (Å²) in [5.74, 6) is 0.384. The molecule has 2 rings (SSSR count). The van der Waals surface area contributed by atoms with Crippen molar-refractivity contribution in [3.05, 3.63) is 47.5 Å². The third-order valence-corrected chi connectivity index (χ3v) is 5.98. The summed E-state index contributed by atoms with van der Waals surface area (Å²) < 4.78 is 38.4. The first-order valence-corrected chi connectivity index (χ1v) is 10.1. The van der Waals surface area contributed by atoms with E-state index in [1.54, 1.807) is 26.2 Å². The number of hydrogen-bond donors (Lipinski definition) is 0. The van der Waals surface area contributed by atoms with Gasteiger partial charge in [-0.15, -0.1) is 0 Å². The van der Waals surface area contributed by atoms with Gasteiger partial charge < -0.3 is 14.4 Å². The molecule has 0 aliphatic rings. The van der Waals surface area contributed by atoms with E-state index in [0.29, 0.717) is 17.2 Å². The molecule has 0 saturated carbocycles. The maximum absolute atomic E-state index is 13.4. The Labute approximate surface area is 166 Å². The summed E-state index contributed by atoms with van der Waals surface area (Å²) in [5.41, 5.74) is 2.24. The van der Waals surface area contributed by atoms with Crippen LogP contribution in [0.1, 0.15) is 11.1 Å². The van der Waals surface area contributed by atoms with E-state index in [-0.39, 0.29) is 17.3 Å². The second-order valence-electron chi connectivity index (χ2n) is 6.66. The molecule has 0 heterocycles. The molecular formula is C20H26N2O5S. The van der Waals surface area contributed by atoms with Crippen molar-refractivity contribution in [3.63, 3.8) is 0 Å². The van der Waals surface area contributed by atoms with Gasteiger partial charge in [0.25, 0.3) is 10.0 Å². The average molecular weight is 407 g/mol. The summed E-state index contributed by atoms with van der Waals surface area (Å²) in [6.45, 7) is 3.45. The lowest BCUT2D eigenvalue weighted by Gasteiger charge is -2.26. The fourth-order valence-electron chi connectivity index (χ4n) is 2.78. The number of amides is 1. The van der Waals surface area contributed by atoms with Gasteiger partial charge in [-0.05, 0) is 49.2 Å². The molecule has 152 valence electrons. The Morgan fingerprint density at radius 2 is 1.50 bits per heavy atom. The van der Waals surface area contributed by atoms with Crippen molar-refractivity contribution in [1.82, 2.24) is 4.90 Å². The second-order valence-corrected chi connectivity index (χ2v) is 8.52. The van der Waals surface area contributed by atoms with Crippen LogP contribution in [0.2, 0.25) is 0 Å². The molecule has 2 aromatic carbocycles. The molecule has 0 atom stereocenters. The van der Waals surface area contributed by atoms with Gasteiger partial charge in [-0.25, -0.2) is 8.42 Å². The minimum Gasteiger partial charge on any atom is -0.493 e. The minimum absolute atomic E-state index is 0.0101. The Kier molecular flexibility index (Phi) is 6.56. The lowest BCUT2D eigenvalue weighted by Crippen LogP contribution is -2.40. The van der Waals surface area contributed by atoms with Crippen molar-refractivity contribution in [2.75, 3.05) is 39.2 Å². The van der Waals surface area contributed by atoms with Crippen molar-refractivity contribution in [3.8, 4) is 11.5 Å². The SMILES string of the molecule is COc1ccc(S(=O)(=O)N(CC(=O)N(C)C)c2cc(C)cc(C)c2)cc1OC. The van der Waals surface area contributed by atoms with E-state index in [2.05, 4.69) is 0 Å². The van der Waals surface area contributed by atoms with Crippen molar-refractivity contribution in [1.29, 1.82) is 0 Å². The van der Waals surface area contributed by atoms with Crippen molar-refractivity contribution in [2.24, 2.45) is 0 Å². The zero-order valence-corrected chi connectivity index (χ0v) is 17.8. The Hall–Kier alpha value is -2.74. The summed E-state index contributed by atoms with van der Waals surface area (Å²) >= 11 is 0. The van der Waals surface area contributed by atoms with E-state index in [4.69, 9.17) is 9.47 Å². The average Bonchev–Trinajstić information content (AvgIpc) is 2.63. The van der Waals surface area contributed by atoms with Crippen LogP contribution in [0.4, 0.5) is 5.69 Å². The number of anilines is 1. The number of aryl methyl sites for hydroxylation is 2. The van der Waals surface area contributed by atoms with Gasteiger partial charge in [-0.3, -0.25) is 9.10 Å². The third-order valence-electron chi connectivity index (χ3n) is 4.22. The van der Waals surface area contributed by atoms with Crippen LogP contribution in [-0.2, 0) is 14.8 Å². The van der Waals surface area contributed by atoms with E-state index in [1.807, 2.05) is 19.9 Å². The monoisotopic (exact) mass is 406 g/mol. The molecule has 0 spiro atoms. The van der Waals surface area contributed by atoms with E-state index in [0.717, 1.165) is 15.4 Å². The maximum atomic E-state index is 13.4. The van der Waals surface area contributed by atoms with Gasteiger partial charge in [0.2, 0.25) is 5.91 Å². The largest absolute Gasteiger partial charge is 0.493 e. The van der Waals surface area contributed by atoms with E-state index in [1.165, 1.54) is 37.3 Å². The van der Waals surface area contributed by atoms with Gasteiger partial charge in [-0.2, -0.15) is 0 Å². The zero-order valence-electron chi connectivity index (χ0n) is 17.0. The van der Waals surface area contributed by atoms with Gasteiger partial charge in [-0.1, -0.05) is 6.07 Å². The fourth-order valence-corrected chi connectivity index (χ4v) is 4.19. The molecular weight excluding hydrogens is 380 g/mol. The second kappa shape index (κ2) is 8.52. The Morgan fingerprint density at radius 3 is 2.00 bits per heavy atom. The standard InChI is InChI=1S/C20H26N2O5S/c1-14-9-15(2)11-16(10-14)22(13-20(23)21(3)4)28(24,25)17-7-8-18(26-5)19(12-17)27-6/h7-12H,13H2,1-6H3. The topological polar surface area (TPSA) is 76.2 Å². The van der Waals surface area contributed by atoms with E-state index in [9.17, 15) is 13.2 Å². The van der Waals surface area contributed by atoms with Gasteiger partial charge in [0.15, 0.2) is 11.5 Å². The third kappa shape index (κ3) is 4.56. The first-order valence-electron chi connectivity index (χ1n) is 8.63. The predicted octanol–water partition coefficient (Wildman–Crippen LogP) is 2.60. The predicted molar refractivity (Wildman–Crippen MR) is 109 cm³/mol. The van der Waals surface area contributed by atoms with Gasteiger partial charge >= 0.3 is 0 Å². The molecule has 28 heavy (non-hydrogen) atoms. The summed E-state index contributed by atoms with van der Waals surface area (Å²) in [6.07, 6.45) is 0. The van der Waals surface area contributed by atoms with Crippen LogP contribution in [0.5, 0.6) is 11.5 Å². The Morgan fingerprint density at radius 1 is 0.929 bits per heavy atom. The van der Waals surface area contributed by atoms with Gasteiger partial charge in [0.1, 0.15) is 6.54 Å². The van der Waals surface area contributed by atoms with Crippen LogP contribution in [0.25, 0.3) is 0 Å². The lowest BCUT2D eigenvalue weighted by molar-refractivity contribution is -0.127. The van der Waals surface area contributed by atoms with Crippen LogP contribution in [0, 0.1) is 13.8 Å². The highest BCUT2D eigenvalue weighted by molar-refractivity contribution is 7.92. The van der Waals surface area contributed by atoms with Crippen LogP contribution in [-0.4, -0.2) is 54.1 Å². The Bertz CT molecular complexity index is 950. The number of ether oxygens (including phenoxy) is 2. The quantitative estimate of drug-likeness (QED) is 0.706. The van der Waals surface area contributed by atoms with Crippen molar-refractivity contribution in [2.45, 2.75) is 18.7 Å². The molecule has 0 aliphatic carbocycles. The number of benzene rings is 2. The normalized spacial score (nSPS) is 11.1. The molecule has 0 saturated heterocycles. The van der Waals surface area contributed by atoms with Crippen molar-refractivity contribution >= 4 is 21.6 Å². The number of nitrogens with zero attached hydrogens (tertiary/aromatic N) is 2. The molecule has 0 bridgehead atoms. The van der Waals surface area contributed by atoms with Crippen LogP contribution in [0.15, 0.2) is 41.3 Å². The van der Waals surface area contributed by atoms with Crippen LogP contribution in [0.3, 0.4) is 0 Å². The molecule has 0 unspecified atom stereocenters. The van der Waals surface area contributed by atoms with E-state index < -0.39 is 10.0 Å².